The van der Waals surface area contributed by atoms with Crippen LogP contribution in [-0.4, -0.2) is 32.0 Å². The summed E-state index contributed by atoms with van der Waals surface area (Å²) in [6.07, 6.45) is 2.80. The second-order valence-corrected chi connectivity index (χ2v) is 5.01. The molecule has 0 amide bonds. The van der Waals surface area contributed by atoms with Crippen LogP contribution in [0.25, 0.3) is 0 Å². The summed E-state index contributed by atoms with van der Waals surface area (Å²) in [6.45, 7) is 4.56. The smallest absolute Gasteiger partial charge is 0.161 e. The second kappa shape index (κ2) is 8.82. The summed E-state index contributed by atoms with van der Waals surface area (Å²) in [4.78, 5) is 0. The van der Waals surface area contributed by atoms with E-state index in [2.05, 4.69) is 25.2 Å². The summed E-state index contributed by atoms with van der Waals surface area (Å²) in [5.74, 6) is 1.51. The molecular formula is C16H27NO3. The highest BCUT2D eigenvalue weighted by atomic mass is 16.5. The maximum atomic E-state index is 8.89. The van der Waals surface area contributed by atoms with Crippen molar-refractivity contribution >= 4 is 0 Å². The highest BCUT2D eigenvalue weighted by Gasteiger charge is 2.14. The summed E-state index contributed by atoms with van der Waals surface area (Å²) in [6, 6.07) is 6.69. The van der Waals surface area contributed by atoms with Crippen LogP contribution in [0.5, 0.6) is 11.5 Å². The second-order valence-electron chi connectivity index (χ2n) is 5.01. The predicted octanol–water partition coefficient (Wildman–Crippen LogP) is 2.91. The molecule has 1 aromatic carbocycles. The molecule has 2 atom stereocenters. The summed E-state index contributed by atoms with van der Waals surface area (Å²) >= 11 is 0. The normalized spacial score (nSPS) is 13.8. The molecule has 0 radical (unpaired) electrons. The third kappa shape index (κ3) is 4.69. The zero-order valence-corrected chi connectivity index (χ0v) is 13.0. The van der Waals surface area contributed by atoms with Gasteiger partial charge in [-0.25, -0.2) is 0 Å². The molecule has 1 rings (SSSR count). The van der Waals surface area contributed by atoms with E-state index in [-0.39, 0.29) is 12.6 Å². The molecule has 0 saturated carbocycles. The van der Waals surface area contributed by atoms with Gasteiger partial charge in [-0.2, -0.15) is 0 Å². The Kier molecular flexibility index (Phi) is 7.41. The monoisotopic (exact) mass is 281 g/mol. The van der Waals surface area contributed by atoms with Crippen molar-refractivity contribution in [2.24, 2.45) is 0 Å². The number of benzene rings is 1. The molecule has 4 heteroatoms. The Hall–Kier alpha value is -1.26. The van der Waals surface area contributed by atoms with Gasteiger partial charge >= 0.3 is 0 Å². The first-order chi connectivity index (χ1) is 9.65. The minimum atomic E-state index is 0.249. The Morgan fingerprint density at radius 3 is 2.45 bits per heavy atom. The van der Waals surface area contributed by atoms with E-state index in [1.165, 1.54) is 5.56 Å². The van der Waals surface area contributed by atoms with Crippen LogP contribution in [0, 0.1) is 0 Å². The number of ether oxygens (including phenoxy) is 2. The third-order valence-corrected chi connectivity index (χ3v) is 3.50. The fraction of sp³-hybridized carbons (Fsp3) is 0.625. The number of nitrogens with one attached hydrogen (secondary N) is 1. The van der Waals surface area contributed by atoms with Crippen molar-refractivity contribution < 1.29 is 14.6 Å². The van der Waals surface area contributed by atoms with Crippen molar-refractivity contribution in [3.8, 4) is 11.5 Å². The molecule has 2 unspecified atom stereocenters. The lowest BCUT2D eigenvalue weighted by Gasteiger charge is -2.23. The molecule has 0 saturated heterocycles. The van der Waals surface area contributed by atoms with Gasteiger partial charge < -0.3 is 19.9 Å². The largest absolute Gasteiger partial charge is 0.493 e. The topological polar surface area (TPSA) is 50.7 Å². The lowest BCUT2D eigenvalue weighted by molar-refractivity contribution is 0.273. The number of methoxy groups -OCH3 is 2. The van der Waals surface area contributed by atoms with Crippen molar-refractivity contribution in [2.75, 3.05) is 20.8 Å². The molecule has 20 heavy (non-hydrogen) atoms. The van der Waals surface area contributed by atoms with E-state index in [0.29, 0.717) is 6.04 Å². The van der Waals surface area contributed by atoms with Gasteiger partial charge in [-0.3, -0.25) is 0 Å². The standard InChI is InChI=1S/C16H27NO3/c1-5-14(17-12(2)7-6-10-18)13-8-9-15(19-3)16(11-13)20-4/h8-9,11-12,14,17-18H,5-7,10H2,1-4H3. The van der Waals surface area contributed by atoms with Gasteiger partial charge in [-0.1, -0.05) is 13.0 Å². The highest BCUT2D eigenvalue weighted by Crippen LogP contribution is 2.31. The van der Waals surface area contributed by atoms with Crippen LogP contribution in [0.1, 0.15) is 44.7 Å². The average Bonchev–Trinajstić information content (AvgIpc) is 2.49. The number of aliphatic hydroxyl groups excluding tert-OH is 1. The van der Waals surface area contributed by atoms with E-state index in [4.69, 9.17) is 14.6 Å². The van der Waals surface area contributed by atoms with Gasteiger partial charge in [0, 0.05) is 18.7 Å². The number of hydrogen-bond acceptors (Lipinski definition) is 4. The van der Waals surface area contributed by atoms with E-state index >= 15 is 0 Å². The van der Waals surface area contributed by atoms with Crippen LogP contribution >= 0.6 is 0 Å². The molecule has 0 aliphatic carbocycles. The fourth-order valence-corrected chi connectivity index (χ4v) is 2.34. The first-order valence-corrected chi connectivity index (χ1v) is 7.25. The van der Waals surface area contributed by atoms with E-state index < -0.39 is 0 Å². The van der Waals surface area contributed by atoms with Gasteiger partial charge in [0.25, 0.3) is 0 Å². The zero-order valence-electron chi connectivity index (χ0n) is 13.0. The van der Waals surface area contributed by atoms with Gasteiger partial charge in [0.05, 0.1) is 14.2 Å². The van der Waals surface area contributed by atoms with Crippen LogP contribution in [0.4, 0.5) is 0 Å². The van der Waals surface area contributed by atoms with Crippen molar-refractivity contribution in [1.82, 2.24) is 5.32 Å². The van der Waals surface area contributed by atoms with Crippen molar-refractivity contribution in [1.29, 1.82) is 0 Å². The molecule has 0 fully saturated rings. The molecular weight excluding hydrogens is 254 g/mol. The van der Waals surface area contributed by atoms with E-state index in [0.717, 1.165) is 30.8 Å². The van der Waals surface area contributed by atoms with Gasteiger partial charge in [0.1, 0.15) is 0 Å². The van der Waals surface area contributed by atoms with Gasteiger partial charge in [0.15, 0.2) is 11.5 Å². The predicted molar refractivity (Wildman–Crippen MR) is 81.5 cm³/mol. The van der Waals surface area contributed by atoms with Crippen molar-refractivity contribution in [3.05, 3.63) is 23.8 Å². The number of rotatable bonds is 9. The molecule has 114 valence electrons. The quantitative estimate of drug-likeness (QED) is 0.731. The Balaban J connectivity index is 2.78. The van der Waals surface area contributed by atoms with Gasteiger partial charge in [0.2, 0.25) is 0 Å². The summed E-state index contributed by atoms with van der Waals surface area (Å²) in [7, 11) is 3.30. The molecule has 0 aromatic heterocycles. The Morgan fingerprint density at radius 2 is 1.90 bits per heavy atom. The van der Waals surface area contributed by atoms with Crippen LogP contribution < -0.4 is 14.8 Å². The maximum Gasteiger partial charge on any atom is 0.161 e. The van der Waals surface area contributed by atoms with Crippen molar-refractivity contribution in [3.63, 3.8) is 0 Å². The molecule has 0 heterocycles. The number of aliphatic hydroxyl groups is 1. The Labute approximate surface area is 122 Å². The zero-order chi connectivity index (χ0) is 15.0. The SMILES string of the molecule is CCC(NC(C)CCCO)c1ccc(OC)c(OC)c1. The molecule has 4 nitrogen and oxygen atoms in total. The van der Waals surface area contributed by atoms with Crippen LogP contribution in [0.15, 0.2) is 18.2 Å². The molecule has 0 bridgehead atoms. The van der Waals surface area contributed by atoms with Crippen LogP contribution in [-0.2, 0) is 0 Å². The van der Waals surface area contributed by atoms with Gasteiger partial charge in [-0.15, -0.1) is 0 Å². The lowest BCUT2D eigenvalue weighted by Crippen LogP contribution is -2.30. The average molecular weight is 281 g/mol. The minimum Gasteiger partial charge on any atom is -0.493 e. The Morgan fingerprint density at radius 1 is 1.20 bits per heavy atom. The summed E-state index contributed by atoms with van der Waals surface area (Å²) < 4.78 is 10.6. The lowest BCUT2D eigenvalue weighted by atomic mass is 10.0. The van der Waals surface area contributed by atoms with Gasteiger partial charge in [-0.05, 0) is 43.9 Å². The van der Waals surface area contributed by atoms with Crippen LogP contribution in [0.2, 0.25) is 0 Å². The maximum absolute atomic E-state index is 8.89. The van der Waals surface area contributed by atoms with E-state index in [1.54, 1.807) is 14.2 Å². The van der Waals surface area contributed by atoms with Crippen molar-refractivity contribution in [2.45, 2.75) is 45.2 Å². The number of hydrogen-bond donors (Lipinski definition) is 2. The minimum absolute atomic E-state index is 0.249. The molecule has 2 N–H and O–H groups in total. The summed E-state index contributed by atoms with van der Waals surface area (Å²) in [5.41, 5.74) is 1.20. The Bertz CT molecular complexity index is 395. The van der Waals surface area contributed by atoms with E-state index in [1.807, 2.05) is 12.1 Å². The first-order valence-electron chi connectivity index (χ1n) is 7.25. The molecule has 0 aliphatic rings. The first kappa shape index (κ1) is 16.8. The third-order valence-electron chi connectivity index (χ3n) is 3.50. The van der Waals surface area contributed by atoms with Crippen LogP contribution in [0.3, 0.4) is 0 Å². The fourth-order valence-electron chi connectivity index (χ4n) is 2.34. The highest BCUT2D eigenvalue weighted by molar-refractivity contribution is 5.43. The van der Waals surface area contributed by atoms with E-state index in [9.17, 15) is 0 Å². The summed E-state index contributed by atoms with van der Waals surface area (Å²) in [5, 5.41) is 12.5. The molecule has 0 aliphatic heterocycles. The molecule has 1 aromatic rings. The molecule has 0 spiro atoms.